The second-order valence-electron chi connectivity index (χ2n) is 15.1. The molecule has 0 bridgehead atoms. The number of rotatable bonds is 7. The van der Waals surface area contributed by atoms with Gasteiger partial charge >= 0.3 is 0 Å². The van der Waals surface area contributed by atoms with Crippen LogP contribution in [0.3, 0.4) is 0 Å². The van der Waals surface area contributed by atoms with Crippen LogP contribution < -0.4 is 10.6 Å². The fourth-order valence-electron chi connectivity index (χ4n) is 9.42. The lowest BCUT2D eigenvalue weighted by Crippen LogP contribution is -2.48. The smallest absolute Gasteiger partial charge is 0.217 e. The molecule has 6 rings (SSSR count). The third-order valence-electron chi connectivity index (χ3n) is 12.2. The molecule has 2 amide bonds. The molecular weight excluding hydrogens is 695 g/mol. The van der Waals surface area contributed by atoms with Crippen molar-refractivity contribution in [2.75, 3.05) is 13.1 Å². The van der Waals surface area contributed by atoms with Crippen molar-refractivity contribution < 1.29 is 14.4 Å². The number of nitrogens with one attached hydrogen (secondary N) is 2. The Hall–Kier alpha value is -2.29. The summed E-state index contributed by atoms with van der Waals surface area (Å²) in [6, 6.07) is 18.8. The summed E-state index contributed by atoms with van der Waals surface area (Å²) in [5, 5.41) is 6.28. The van der Waals surface area contributed by atoms with Gasteiger partial charge in [-0.15, -0.1) is 0 Å². The second-order valence-corrected chi connectivity index (χ2v) is 15.1. The van der Waals surface area contributed by atoms with Crippen LogP contribution in [0.15, 0.2) is 48.5 Å². The first-order valence-electron chi connectivity index (χ1n) is 19.6. The number of hydrogen-bond donors (Lipinski definition) is 2. The Morgan fingerprint density at radius 2 is 1.04 bits per heavy atom. The molecule has 2 fully saturated rings. The van der Waals surface area contributed by atoms with Crippen LogP contribution >= 0.6 is 27.0 Å². The van der Waals surface area contributed by atoms with E-state index in [1.54, 1.807) is 13.8 Å². The van der Waals surface area contributed by atoms with E-state index in [9.17, 15) is 14.4 Å². The molecule has 2 spiro atoms. The van der Waals surface area contributed by atoms with Gasteiger partial charge in [-0.1, -0.05) is 110 Å². The van der Waals surface area contributed by atoms with Crippen molar-refractivity contribution in [2.24, 2.45) is 0 Å². The Morgan fingerprint density at radius 3 is 1.40 bits per heavy atom. The quantitative estimate of drug-likeness (QED) is 0.294. The van der Waals surface area contributed by atoms with Crippen molar-refractivity contribution in [1.29, 1.82) is 0 Å². The van der Waals surface area contributed by atoms with E-state index >= 15 is 0 Å². The van der Waals surface area contributed by atoms with Crippen LogP contribution in [0.1, 0.15) is 187 Å². The number of likely N-dealkylation sites (tertiary alicyclic amines) is 1. The molecule has 0 unspecified atom stereocenters. The summed E-state index contributed by atoms with van der Waals surface area (Å²) in [7, 11) is 0. The molecule has 0 radical (unpaired) electrons. The van der Waals surface area contributed by atoms with Gasteiger partial charge in [0.15, 0.2) is 0 Å². The van der Waals surface area contributed by atoms with Crippen LogP contribution in [0, 0.1) is 0 Å². The summed E-state index contributed by atoms with van der Waals surface area (Å²) in [4.78, 5) is 35.8. The summed E-state index contributed by atoms with van der Waals surface area (Å²) in [6.07, 6.45) is 17.8. The molecule has 6 nitrogen and oxygen atoms in total. The molecule has 2 aromatic carbocycles. The van der Waals surface area contributed by atoms with Crippen molar-refractivity contribution in [3.8, 4) is 0 Å². The van der Waals surface area contributed by atoms with Crippen LogP contribution in [0.4, 0.5) is 0 Å². The number of carbonyl (C=O) groups is 3. The van der Waals surface area contributed by atoms with Crippen LogP contribution in [0.25, 0.3) is 0 Å². The molecule has 302 valence electrons. The normalized spacial score (nSPS) is 20.4. The number of benzene rings is 2. The van der Waals surface area contributed by atoms with Crippen LogP contribution in [-0.4, -0.2) is 41.6 Å². The van der Waals surface area contributed by atoms with Gasteiger partial charge in [0.2, 0.25) is 11.8 Å². The number of Topliss-reactive ketones (excluding diaryl/α,β-unsaturated/α-hetero) is 1. The van der Waals surface area contributed by atoms with E-state index in [4.69, 9.17) is 0 Å². The van der Waals surface area contributed by atoms with Gasteiger partial charge in [-0.25, -0.2) is 0 Å². The number of nitrogens with zero attached hydrogens (tertiary/aromatic N) is 1. The first kappa shape index (κ1) is 50.7. The molecule has 53 heavy (non-hydrogen) atoms. The minimum Gasteiger partial charge on any atom is -0.350 e. The molecule has 3 aliphatic carbocycles. The minimum absolute atomic E-state index is 0. The molecule has 1 aliphatic heterocycles. The van der Waals surface area contributed by atoms with E-state index in [1.807, 2.05) is 13.8 Å². The zero-order chi connectivity index (χ0) is 35.4. The average molecular weight is 772 g/mol. The van der Waals surface area contributed by atoms with E-state index in [0.717, 1.165) is 18.9 Å². The zero-order valence-corrected chi connectivity index (χ0v) is 34.5. The third kappa shape index (κ3) is 12.9. The van der Waals surface area contributed by atoms with Crippen molar-refractivity contribution in [2.45, 2.75) is 182 Å². The first-order chi connectivity index (χ1) is 23.6. The largest absolute Gasteiger partial charge is 0.350 e. The van der Waals surface area contributed by atoms with Gasteiger partial charge < -0.3 is 15.5 Å². The number of amides is 2. The van der Waals surface area contributed by atoms with Gasteiger partial charge in [0, 0.05) is 32.7 Å². The van der Waals surface area contributed by atoms with Crippen LogP contribution in [0.5, 0.6) is 0 Å². The molecule has 1 heterocycles. The maximum Gasteiger partial charge on any atom is 0.217 e. The maximum absolute atomic E-state index is 11.6. The standard InChI is InChI=1S/C21H32N2O.C17H23NO.C5H10O.2CH4.2H2S/c1-4-17(5-2)23-14-12-21(13-15-23)11-10-20(22-16(3)24)18-8-6-7-9-19(18)21;1-13(19)18-16-9-12-17(10-5-2-6-11-17)15-8-4-3-7-14(15)16;1-3-5(6)4-2;;;;/h6-9,17,20H,4-5,10-15H2,1-3H3,(H,22,24);3-4,7-8,16H,2,5-6,9-12H2,1H3,(H,18,19);3-4H2,1-2H3;2*1H4;2*1H2/t20-;16-;;;;;/m00...../s1. The number of hydrogen-bond acceptors (Lipinski definition) is 4. The Morgan fingerprint density at radius 1 is 0.642 bits per heavy atom. The highest BCUT2D eigenvalue weighted by molar-refractivity contribution is 7.59. The van der Waals surface area contributed by atoms with Crippen LogP contribution in [-0.2, 0) is 25.2 Å². The van der Waals surface area contributed by atoms with E-state index in [1.165, 1.54) is 106 Å². The molecule has 1 saturated carbocycles. The van der Waals surface area contributed by atoms with Gasteiger partial charge in [-0.2, -0.15) is 27.0 Å². The summed E-state index contributed by atoms with van der Waals surface area (Å²) in [5.74, 6) is 0.503. The molecule has 0 aromatic heterocycles. The Bertz CT molecular complexity index is 1370. The zero-order valence-electron chi connectivity index (χ0n) is 32.5. The molecule has 2 atom stereocenters. The maximum atomic E-state index is 11.6. The minimum atomic E-state index is 0. The average Bonchev–Trinajstić information content (AvgIpc) is 3.13. The summed E-state index contributed by atoms with van der Waals surface area (Å²) < 4.78 is 0. The monoisotopic (exact) mass is 772 g/mol. The topological polar surface area (TPSA) is 78.5 Å². The van der Waals surface area contributed by atoms with E-state index < -0.39 is 0 Å². The fourth-order valence-corrected chi connectivity index (χ4v) is 9.42. The number of fused-ring (bicyclic) bond motifs is 4. The first-order valence-corrected chi connectivity index (χ1v) is 19.6. The predicted octanol–water partition coefficient (Wildman–Crippen LogP) is 10.9. The van der Waals surface area contributed by atoms with Gasteiger partial charge in [-0.05, 0) is 110 Å². The molecule has 2 aromatic rings. The van der Waals surface area contributed by atoms with Gasteiger partial charge in [-0.3, -0.25) is 14.4 Å². The number of ketones is 1. The van der Waals surface area contributed by atoms with Gasteiger partial charge in [0.05, 0.1) is 12.1 Å². The van der Waals surface area contributed by atoms with Crippen molar-refractivity contribution >= 4 is 44.6 Å². The fraction of sp³-hybridized carbons (Fsp3) is 0.667. The Balaban J connectivity index is 0.000000843. The second kappa shape index (κ2) is 24.3. The molecule has 8 heteroatoms. The van der Waals surface area contributed by atoms with Gasteiger partial charge in [0.1, 0.15) is 5.78 Å². The summed E-state index contributed by atoms with van der Waals surface area (Å²) in [6.45, 7) is 14.1. The van der Waals surface area contributed by atoms with Crippen molar-refractivity contribution in [3.05, 3.63) is 70.8 Å². The lowest BCUT2D eigenvalue weighted by Gasteiger charge is -2.48. The van der Waals surface area contributed by atoms with Gasteiger partial charge in [0.25, 0.3) is 0 Å². The highest BCUT2D eigenvalue weighted by Gasteiger charge is 2.43. The lowest BCUT2D eigenvalue weighted by atomic mass is 9.61. The Labute approximate surface area is 338 Å². The number of piperidine rings is 1. The SMILES string of the molecule is C.C.CC(=O)N[C@H]1CCC2(CCCCC2)c2ccccc21.CCC(=O)CC.CCC(CC)N1CCC2(CC[C@H](NC(C)=O)c3ccccc32)CC1.S.S. The van der Waals surface area contributed by atoms with Crippen molar-refractivity contribution in [3.63, 3.8) is 0 Å². The number of carbonyl (C=O) groups excluding carboxylic acids is 3. The van der Waals surface area contributed by atoms with E-state index in [-0.39, 0.29) is 65.7 Å². The molecule has 2 N–H and O–H groups in total. The lowest BCUT2D eigenvalue weighted by molar-refractivity contribution is -0.120. The molecule has 4 aliphatic rings. The van der Waals surface area contributed by atoms with Crippen molar-refractivity contribution in [1.82, 2.24) is 15.5 Å². The predicted molar refractivity (Wildman–Crippen MR) is 236 cm³/mol. The van der Waals surface area contributed by atoms with Crippen LogP contribution in [0.2, 0.25) is 0 Å². The molecular formula is C45H77N3O3S2. The Kier molecular flexibility index (Phi) is 23.2. The summed E-state index contributed by atoms with van der Waals surface area (Å²) >= 11 is 0. The third-order valence-corrected chi connectivity index (χ3v) is 12.2. The highest BCUT2D eigenvalue weighted by atomic mass is 32.1. The summed E-state index contributed by atoms with van der Waals surface area (Å²) in [5.41, 5.74) is 6.47. The van der Waals surface area contributed by atoms with E-state index in [0.29, 0.717) is 29.5 Å². The molecule has 1 saturated heterocycles. The van der Waals surface area contributed by atoms with E-state index in [2.05, 4.69) is 77.9 Å². The highest BCUT2D eigenvalue weighted by Crippen LogP contribution is 2.50.